The average Bonchev–Trinajstić information content (AvgIpc) is 2.80. The minimum Gasteiger partial charge on any atom is -0.493 e. The lowest BCUT2D eigenvalue weighted by Crippen LogP contribution is -2.26. The first kappa shape index (κ1) is 22.9. The number of methoxy groups -OCH3 is 1. The highest BCUT2D eigenvalue weighted by molar-refractivity contribution is 5.96. The second-order valence-electron chi connectivity index (χ2n) is 7.34. The van der Waals surface area contributed by atoms with Crippen LogP contribution in [0.1, 0.15) is 29.2 Å². The molecule has 0 aromatic heterocycles. The van der Waals surface area contributed by atoms with Gasteiger partial charge in [0.05, 0.1) is 20.1 Å². The van der Waals surface area contributed by atoms with E-state index in [2.05, 4.69) is 5.32 Å². The molecule has 0 radical (unpaired) electrons. The summed E-state index contributed by atoms with van der Waals surface area (Å²) in [4.78, 5) is 25.6. The van der Waals surface area contributed by atoms with Crippen molar-refractivity contribution >= 4 is 17.6 Å². The Morgan fingerprint density at radius 3 is 2.31 bits per heavy atom. The first-order valence-corrected chi connectivity index (χ1v) is 10.4. The molecule has 1 amide bonds. The van der Waals surface area contributed by atoms with E-state index in [1.807, 2.05) is 50.2 Å². The van der Waals surface area contributed by atoms with Crippen molar-refractivity contribution in [3.63, 3.8) is 0 Å². The fourth-order valence-corrected chi connectivity index (χ4v) is 3.14. The highest BCUT2D eigenvalue weighted by Crippen LogP contribution is 2.26. The molecule has 166 valence electrons. The molecule has 0 saturated heterocycles. The van der Waals surface area contributed by atoms with Gasteiger partial charge in [0, 0.05) is 11.3 Å². The molecule has 0 heterocycles. The number of ether oxygens (including phenoxy) is 3. The quantitative estimate of drug-likeness (QED) is 0.481. The maximum atomic E-state index is 13.1. The van der Waals surface area contributed by atoms with E-state index in [0.29, 0.717) is 22.7 Å². The van der Waals surface area contributed by atoms with Gasteiger partial charge in [0.1, 0.15) is 0 Å². The van der Waals surface area contributed by atoms with Crippen molar-refractivity contribution in [2.75, 3.05) is 19.0 Å². The smallest absolute Gasteiger partial charge is 0.310 e. The fraction of sp³-hybridized carbons (Fsp3) is 0.231. The van der Waals surface area contributed by atoms with Crippen LogP contribution in [-0.2, 0) is 14.3 Å². The van der Waals surface area contributed by atoms with Gasteiger partial charge in [-0.2, -0.15) is 0 Å². The molecule has 0 aliphatic carbocycles. The van der Waals surface area contributed by atoms with E-state index in [0.717, 1.165) is 11.1 Å². The lowest BCUT2D eigenvalue weighted by atomic mass is 10.1. The van der Waals surface area contributed by atoms with Gasteiger partial charge in [-0.3, -0.25) is 9.59 Å². The number of benzene rings is 3. The van der Waals surface area contributed by atoms with E-state index in [1.165, 1.54) is 0 Å². The normalized spacial score (nSPS) is 11.3. The van der Waals surface area contributed by atoms with Gasteiger partial charge in [0.25, 0.3) is 5.91 Å². The first-order chi connectivity index (χ1) is 15.5. The summed E-state index contributed by atoms with van der Waals surface area (Å²) in [6.45, 7) is 3.96. The predicted octanol–water partition coefficient (Wildman–Crippen LogP) is 5.00. The number of carbonyl (C=O) groups excluding carboxylic acids is 2. The van der Waals surface area contributed by atoms with Crippen molar-refractivity contribution in [3.05, 3.63) is 89.5 Å². The average molecular weight is 434 g/mol. The molecule has 1 unspecified atom stereocenters. The number of anilines is 1. The van der Waals surface area contributed by atoms with Crippen LogP contribution in [0.2, 0.25) is 0 Å². The van der Waals surface area contributed by atoms with E-state index in [9.17, 15) is 9.59 Å². The first-order valence-electron chi connectivity index (χ1n) is 10.4. The van der Waals surface area contributed by atoms with Crippen LogP contribution in [0.15, 0.2) is 72.8 Å². The molecule has 1 atom stereocenters. The van der Waals surface area contributed by atoms with Crippen molar-refractivity contribution in [2.24, 2.45) is 0 Å². The summed E-state index contributed by atoms with van der Waals surface area (Å²) in [5.74, 6) is 0.166. The molecule has 32 heavy (non-hydrogen) atoms. The molecular formula is C26H27NO5. The number of nitrogens with one attached hydrogen (secondary N) is 1. The van der Waals surface area contributed by atoms with Crippen molar-refractivity contribution in [1.82, 2.24) is 0 Å². The Balaban J connectivity index is 1.67. The second-order valence-corrected chi connectivity index (χ2v) is 7.34. The Labute approximate surface area is 188 Å². The molecule has 3 aromatic rings. The maximum Gasteiger partial charge on any atom is 0.310 e. The molecule has 0 aliphatic heterocycles. The van der Waals surface area contributed by atoms with E-state index < -0.39 is 18.0 Å². The van der Waals surface area contributed by atoms with Crippen molar-refractivity contribution < 1.29 is 23.8 Å². The summed E-state index contributed by atoms with van der Waals surface area (Å²) >= 11 is 0. The molecule has 0 saturated carbocycles. The van der Waals surface area contributed by atoms with Crippen LogP contribution >= 0.6 is 0 Å². The number of carbonyl (C=O) groups is 2. The monoisotopic (exact) mass is 433 g/mol. The van der Waals surface area contributed by atoms with Crippen LogP contribution in [0.25, 0.3) is 0 Å². The largest absolute Gasteiger partial charge is 0.493 e. The maximum absolute atomic E-state index is 13.1. The number of para-hydroxylation sites is 2. The van der Waals surface area contributed by atoms with E-state index in [-0.39, 0.29) is 13.0 Å². The van der Waals surface area contributed by atoms with Gasteiger partial charge < -0.3 is 19.5 Å². The summed E-state index contributed by atoms with van der Waals surface area (Å²) in [5.41, 5.74) is 3.22. The highest BCUT2D eigenvalue weighted by Gasteiger charge is 2.25. The third-order valence-corrected chi connectivity index (χ3v) is 4.87. The fourth-order valence-electron chi connectivity index (χ4n) is 3.14. The zero-order valence-corrected chi connectivity index (χ0v) is 18.5. The number of hydrogen-bond acceptors (Lipinski definition) is 5. The molecular weight excluding hydrogens is 406 g/mol. The number of hydrogen-bond donors (Lipinski definition) is 1. The molecule has 0 spiro atoms. The third-order valence-electron chi connectivity index (χ3n) is 4.87. The lowest BCUT2D eigenvalue weighted by molar-refractivity contribution is -0.155. The Morgan fingerprint density at radius 2 is 1.59 bits per heavy atom. The van der Waals surface area contributed by atoms with Gasteiger partial charge >= 0.3 is 5.97 Å². The molecule has 0 fully saturated rings. The number of aryl methyl sites for hydroxylation is 2. The number of rotatable bonds is 9. The third kappa shape index (κ3) is 6.11. The van der Waals surface area contributed by atoms with Gasteiger partial charge in [0.2, 0.25) is 6.10 Å². The van der Waals surface area contributed by atoms with Crippen LogP contribution in [0.4, 0.5) is 5.69 Å². The Morgan fingerprint density at radius 1 is 0.906 bits per heavy atom. The molecule has 0 aliphatic rings. The second kappa shape index (κ2) is 11.0. The topological polar surface area (TPSA) is 73.9 Å². The van der Waals surface area contributed by atoms with E-state index >= 15 is 0 Å². The summed E-state index contributed by atoms with van der Waals surface area (Å²) in [6.07, 6.45) is -1.09. The van der Waals surface area contributed by atoms with E-state index in [4.69, 9.17) is 14.2 Å². The summed E-state index contributed by atoms with van der Waals surface area (Å²) in [5, 5.41) is 2.89. The minimum atomic E-state index is -1.07. The van der Waals surface area contributed by atoms with Gasteiger partial charge in [-0.15, -0.1) is 0 Å². The van der Waals surface area contributed by atoms with Crippen LogP contribution in [0.3, 0.4) is 0 Å². The van der Waals surface area contributed by atoms with Crippen molar-refractivity contribution in [3.8, 4) is 11.5 Å². The molecule has 6 nitrogen and oxygen atoms in total. The molecule has 3 rings (SSSR count). The Bertz CT molecular complexity index is 1060. The van der Waals surface area contributed by atoms with Gasteiger partial charge in [0.15, 0.2) is 11.5 Å². The zero-order chi connectivity index (χ0) is 22.9. The summed E-state index contributed by atoms with van der Waals surface area (Å²) < 4.78 is 16.5. The Hall–Kier alpha value is -3.80. The molecule has 6 heteroatoms. The number of esters is 1. The highest BCUT2D eigenvalue weighted by atomic mass is 16.6. The van der Waals surface area contributed by atoms with Crippen LogP contribution < -0.4 is 14.8 Å². The molecule has 0 bridgehead atoms. The summed E-state index contributed by atoms with van der Waals surface area (Å²) in [6, 6.07) is 21.9. The van der Waals surface area contributed by atoms with Crippen LogP contribution in [0, 0.1) is 13.8 Å². The predicted molar refractivity (Wildman–Crippen MR) is 123 cm³/mol. The SMILES string of the molecule is COc1ccccc1OCCC(=O)OC(C(=O)Nc1cc(C)ccc1C)c1ccccc1. The molecule has 1 N–H and O–H groups in total. The molecule has 3 aromatic carbocycles. The van der Waals surface area contributed by atoms with Gasteiger partial charge in [-0.25, -0.2) is 0 Å². The van der Waals surface area contributed by atoms with Crippen LogP contribution in [0.5, 0.6) is 11.5 Å². The van der Waals surface area contributed by atoms with Gasteiger partial charge in [-0.1, -0.05) is 54.6 Å². The lowest BCUT2D eigenvalue weighted by Gasteiger charge is -2.19. The number of amides is 1. The van der Waals surface area contributed by atoms with Crippen molar-refractivity contribution in [2.45, 2.75) is 26.4 Å². The minimum absolute atomic E-state index is 0.0157. The zero-order valence-electron chi connectivity index (χ0n) is 18.5. The van der Waals surface area contributed by atoms with E-state index in [1.54, 1.807) is 43.5 Å². The van der Waals surface area contributed by atoms with Crippen molar-refractivity contribution in [1.29, 1.82) is 0 Å². The van der Waals surface area contributed by atoms with Crippen LogP contribution in [-0.4, -0.2) is 25.6 Å². The standard InChI is InChI=1S/C26H27NO5/c1-18-13-14-19(2)21(17-18)27-26(29)25(20-9-5-4-6-10-20)32-24(28)15-16-31-23-12-8-7-11-22(23)30-3/h4-14,17,25H,15-16H2,1-3H3,(H,27,29). The summed E-state index contributed by atoms with van der Waals surface area (Å²) in [7, 11) is 1.55. The van der Waals surface area contributed by atoms with Gasteiger partial charge in [-0.05, 0) is 43.2 Å². The Kier molecular flexibility index (Phi) is 7.86.